The van der Waals surface area contributed by atoms with Crippen LogP contribution >= 0.6 is 0 Å². The van der Waals surface area contributed by atoms with Gasteiger partial charge in [0.1, 0.15) is 24.7 Å². The van der Waals surface area contributed by atoms with Crippen LogP contribution in [0, 0.1) is 0 Å². The normalized spacial score (nSPS) is 11.1. The van der Waals surface area contributed by atoms with E-state index in [1.165, 1.54) is 40.0 Å². The molecule has 0 atom stereocenters. The Morgan fingerprint density at radius 2 is 0.764 bits per heavy atom. The van der Waals surface area contributed by atoms with E-state index in [2.05, 4.69) is 61.6 Å². The zero-order valence-electron chi connectivity index (χ0n) is 31.3. The molecular formula is C45H46O8Si2. The van der Waals surface area contributed by atoms with E-state index in [0.717, 1.165) is 0 Å². The van der Waals surface area contributed by atoms with Gasteiger partial charge in [-0.1, -0.05) is 121 Å². The fourth-order valence-electron chi connectivity index (χ4n) is 6.00. The highest BCUT2D eigenvalue weighted by molar-refractivity contribution is 6.97. The average molecular weight is 771 g/mol. The minimum atomic E-state index is -2.32. The molecule has 0 aliphatic heterocycles. The number of methoxy groups -OCH3 is 1. The lowest BCUT2D eigenvalue weighted by Gasteiger charge is -2.28. The van der Waals surface area contributed by atoms with E-state index in [1.54, 1.807) is 36.4 Å². The average Bonchev–Trinajstić information content (AvgIpc) is 3.25. The van der Waals surface area contributed by atoms with Crippen molar-refractivity contribution in [3.63, 3.8) is 0 Å². The summed E-state index contributed by atoms with van der Waals surface area (Å²) in [7, 11) is -3.27. The molecule has 0 amide bonds. The first-order chi connectivity index (χ1) is 26.7. The third-order valence-electron chi connectivity index (χ3n) is 9.16. The first-order valence-corrected chi connectivity index (χ1v) is 22.8. The minimum absolute atomic E-state index is 0.242. The second-order valence-electron chi connectivity index (χ2n) is 12.8. The Hall–Kier alpha value is -5.79. The van der Waals surface area contributed by atoms with Gasteiger partial charge in [0.05, 0.1) is 31.5 Å². The highest BCUT2D eigenvalue weighted by Gasteiger charge is 2.35. The van der Waals surface area contributed by atoms with Gasteiger partial charge in [0.15, 0.2) is 0 Å². The van der Waals surface area contributed by atoms with Crippen LogP contribution in [0.4, 0.5) is 0 Å². The van der Waals surface area contributed by atoms with Crippen LogP contribution < -0.4 is 30.2 Å². The predicted molar refractivity (Wildman–Crippen MR) is 222 cm³/mol. The summed E-state index contributed by atoms with van der Waals surface area (Å²) in [6.45, 7) is 6.16. The van der Waals surface area contributed by atoms with Crippen LogP contribution in [-0.4, -0.2) is 67.2 Å². The lowest BCUT2D eigenvalue weighted by atomic mass is 10.2. The van der Waals surface area contributed by atoms with Crippen LogP contribution in [0.2, 0.25) is 13.1 Å². The third-order valence-corrected chi connectivity index (χ3v) is 16.5. The van der Waals surface area contributed by atoms with Gasteiger partial charge in [0.25, 0.3) is 16.6 Å². The summed E-state index contributed by atoms with van der Waals surface area (Å²) in [5, 5.41) is 13.8. The first kappa shape index (κ1) is 40.4. The van der Waals surface area contributed by atoms with Gasteiger partial charge in [-0.15, -0.1) is 0 Å². The van der Waals surface area contributed by atoms with Crippen LogP contribution in [-0.2, 0) is 13.6 Å². The summed E-state index contributed by atoms with van der Waals surface area (Å²) in [5.74, 6) is 0.0187. The summed E-state index contributed by atoms with van der Waals surface area (Å²) in [4.78, 5) is 22.4. The van der Waals surface area contributed by atoms with Crippen LogP contribution in [0.5, 0.6) is 11.5 Å². The monoisotopic (exact) mass is 770 g/mol. The van der Waals surface area contributed by atoms with Crippen LogP contribution in [0.1, 0.15) is 20.7 Å². The van der Waals surface area contributed by atoms with Gasteiger partial charge in [-0.2, -0.15) is 0 Å². The van der Waals surface area contributed by atoms with Crippen molar-refractivity contribution in [1.29, 1.82) is 0 Å². The standard InChI is InChI=1S/C23H24O4Si.C22H22O4Si/c1-25-23(24)19-13-15-20(16-14-19)26-17-18-27-28(2,21-9-5-3-6-10-21)22-11-7-4-8-12-22;1-27(20-8-4-2-5-9-20,21-10-6-3-7-11-21)26-17-16-25-19-14-12-18(13-15-19)22(23)24/h3-16H,17-18H2,1-2H3;2-15H,16-17H2,1H3,(H,23,24). The molecule has 0 saturated carbocycles. The van der Waals surface area contributed by atoms with Crippen molar-refractivity contribution < 1.29 is 37.8 Å². The molecule has 0 unspecified atom stereocenters. The Balaban J connectivity index is 0.000000211. The summed E-state index contributed by atoms with van der Waals surface area (Å²) in [6.07, 6.45) is 0. The van der Waals surface area contributed by atoms with Crippen LogP contribution in [0.15, 0.2) is 170 Å². The van der Waals surface area contributed by atoms with Crippen molar-refractivity contribution in [1.82, 2.24) is 0 Å². The fraction of sp³-hybridized carbons (Fsp3) is 0.156. The number of carbonyl (C=O) groups is 2. The number of rotatable bonds is 16. The molecule has 6 aromatic carbocycles. The Bertz CT molecular complexity index is 1970. The van der Waals surface area contributed by atoms with Crippen molar-refractivity contribution in [3.8, 4) is 11.5 Å². The molecule has 0 aromatic heterocycles. The molecular weight excluding hydrogens is 725 g/mol. The number of hydrogen-bond donors (Lipinski definition) is 1. The van der Waals surface area contributed by atoms with E-state index >= 15 is 0 Å². The largest absolute Gasteiger partial charge is 0.491 e. The van der Waals surface area contributed by atoms with Gasteiger partial charge >= 0.3 is 11.9 Å². The number of ether oxygens (including phenoxy) is 3. The molecule has 0 spiro atoms. The summed E-state index contributed by atoms with van der Waals surface area (Å²) >= 11 is 0. The Kier molecular flexibility index (Phi) is 14.7. The van der Waals surface area contributed by atoms with Gasteiger partial charge in [-0.05, 0) is 82.4 Å². The molecule has 55 heavy (non-hydrogen) atoms. The summed E-state index contributed by atoms with van der Waals surface area (Å²) < 4.78 is 29.0. The second-order valence-corrected chi connectivity index (χ2v) is 19.8. The zero-order valence-corrected chi connectivity index (χ0v) is 33.3. The van der Waals surface area contributed by atoms with Crippen molar-refractivity contribution >= 4 is 49.3 Å². The number of benzene rings is 6. The lowest BCUT2D eigenvalue weighted by molar-refractivity contribution is 0.0599. The number of aromatic carboxylic acids is 1. The maximum Gasteiger partial charge on any atom is 0.337 e. The SMILES string of the molecule is COC(=O)c1ccc(OCCO[Si](C)(c2ccccc2)c2ccccc2)cc1.C[Si](OCCOc1ccc(C(=O)O)cc1)(c1ccccc1)c1ccccc1. The van der Waals surface area contributed by atoms with Crippen LogP contribution in [0.25, 0.3) is 0 Å². The fourth-order valence-corrected chi connectivity index (χ4v) is 11.6. The molecule has 0 aliphatic carbocycles. The highest BCUT2D eigenvalue weighted by Crippen LogP contribution is 2.15. The molecule has 10 heteroatoms. The van der Waals surface area contributed by atoms with E-state index in [0.29, 0.717) is 43.5 Å². The maximum absolute atomic E-state index is 11.5. The Morgan fingerprint density at radius 3 is 1.05 bits per heavy atom. The Labute approximate surface area is 325 Å². The highest BCUT2D eigenvalue weighted by atomic mass is 28.4. The number of carboxylic acid groups (broad SMARTS) is 1. The molecule has 1 N–H and O–H groups in total. The molecule has 0 bridgehead atoms. The number of esters is 1. The predicted octanol–water partition coefficient (Wildman–Crippen LogP) is 6.43. The van der Waals surface area contributed by atoms with E-state index in [9.17, 15) is 9.59 Å². The van der Waals surface area contributed by atoms with Crippen LogP contribution in [0.3, 0.4) is 0 Å². The van der Waals surface area contributed by atoms with Gasteiger partial charge in [0, 0.05) is 0 Å². The molecule has 0 radical (unpaired) electrons. The lowest BCUT2D eigenvalue weighted by Crippen LogP contribution is -2.58. The van der Waals surface area contributed by atoms with Crippen molar-refractivity contribution in [3.05, 3.63) is 181 Å². The van der Waals surface area contributed by atoms with E-state index in [4.69, 9.17) is 28.2 Å². The molecule has 6 aromatic rings. The molecule has 0 aliphatic rings. The molecule has 6 rings (SSSR count). The third kappa shape index (κ3) is 11.1. The minimum Gasteiger partial charge on any atom is -0.491 e. The quantitative estimate of drug-likeness (QED) is 0.0684. The molecule has 0 fully saturated rings. The second kappa shape index (κ2) is 20.1. The van der Waals surface area contributed by atoms with Gasteiger partial charge in [-0.25, -0.2) is 9.59 Å². The molecule has 282 valence electrons. The Morgan fingerprint density at radius 1 is 0.455 bits per heavy atom. The van der Waals surface area contributed by atoms with E-state index in [1.807, 2.05) is 72.8 Å². The topological polar surface area (TPSA) is 101 Å². The van der Waals surface area contributed by atoms with Gasteiger partial charge in [-0.3, -0.25) is 0 Å². The van der Waals surface area contributed by atoms with Crippen molar-refractivity contribution in [2.45, 2.75) is 13.1 Å². The number of carbonyl (C=O) groups excluding carboxylic acids is 1. The first-order valence-electron chi connectivity index (χ1n) is 18.0. The van der Waals surface area contributed by atoms with E-state index < -0.39 is 22.6 Å². The van der Waals surface area contributed by atoms with Gasteiger partial charge in [0.2, 0.25) is 0 Å². The summed E-state index contributed by atoms with van der Waals surface area (Å²) in [5.41, 5.74) is 0.742. The molecule has 0 saturated heterocycles. The maximum atomic E-state index is 11.5. The van der Waals surface area contributed by atoms with Crippen molar-refractivity contribution in [2.75, 3.05) is 33.5 Å². The number of hydrogen-bond acceptors (Lipinski definition) is 7. The van der Waals surface area contributed by atoms with Gasteiger partial charge < -0.3 is 28.2 Å². The molecule has 0 heterocycles. The summed E-state index contributed by atoms with van der Waals surface area (Å²) in [6, 6.07) is 54.7. The zero-order chi connectivity index (χ0) is 38.9. The smallest absolute Gasteiger partial charge is 0.337 e. The van der Waals surface area contributed by atoms with Crippen molar-refractivity contribution in [2.24, 2.45) is 0 Å². The molecule has 8 nitrogen and oxygen atoms in total. The number of carboxylic acids is 1. The van der Waals surface area contributed by atoms with E-state index in [-0.39, 0.29) is 11.5 Å².